The Morgan fingerprint density at radius 2 is 2.00 bits per heavy atom. The van der Waals surface area contributed by atoms with Crippen molar-refractivity contribution in [2.24, 2.45) is 0 Å². The van der Waals surface area contributed by atoms with Crippen molar-refractivity contribution in [1.82, 2.24) is 4.90 Å². The summed E-state index contributed by atoms with van der Waals surface area (Å²) < 4.78 is 5.01. The number of esters is 1. The van der Waals surface area contributed by atoms with Crippen molar-refractivity contribution in [3.63, 3.8) is 0 Å². The fraction of sp³-hybridized carbons (Fsp3) is 0.647. The number of rotatable bonds is 12. The van der Waals surface area contributed by atoms with Gasteiger partial charge in [0, 0.05) is 13.1 Å². The number of hydrogen-bond donors (Lipinski definition) is 1. The lowest BCUT2D eigenvalue weighted by Gasteiger charge is -2.18. The van der Waals surface area contributed by atoms with Crippen LogP contribution < -0.4 is 0 Å². The summed E-state index contributed by atoms with van der Waals surface area (Å²) in [7, 11) is 0. The lowest BCUT2D eigenvalue weighted by atomic mass is 10.2. The van der Waals surface area contributed by atoms with E-state index >= 15 is 0 Å². The van der Waals surface area contributed by atoms with E-state index in [9.17, 15) is 4.79 Å². The molecule has 0 aliphatic rings. The fourth-order valence-corrected chi connectivity index (χ4v) is 1.71. The summed E-state index contributed by atoms with van der Waals surface area (Å²) in [6, 6.07) is 1.88. The van der Waals surface area contributed by atoms with Crippen LogP contribution in [0, 0.1) is 11.3 Å². The Bertz CT molecular complexity index is 397. The van der Waals surface area contributed by atoms with Crippen molar-refractivity contribution in [3.05, 3.63) is 23.9 Å². The lowest BCUT2D eigenvalue weighted by molar-refractivity contribution is -0.138. The molecule has 0 aromatic heterocycles. The first-order valence-electron chi connectivity index (χ1n) is 7.98. The van der Waals surface area contributed by atoms with Gasteiger partial charge in [0.25, 0.3) is 0 Å². The van der Waals surface area contributed by atoms with Crippen LogP contribution in [0.15, 0.2) is 23.9 Å². The largest absolute Gasteiger partial charge is 0.462 e. The molecule has 0 heterocycles. The molecule has 0 saturated carbocycles. The highest BCUT2D eigenvalue weighted by molar-refractivity contribution is 5.92. The highest BCUT2D eigenvalue weighted by Gasteiger charge is 2.08. The van der Waals surface area contributed by atoms with Gasteiger partial charge in [-0.15, -0.1) is 0 Å². The average Bonchev–Trinajstić information content (AvgIpc) is 2.52. The number of nitriles is 1. The maximum atomic E-state index is 11.6. The van der Waals surface area contributed by atoms with E-state index in [0.717, 1.165) is 32.2 Å². The van der Waals surface area contributed by atoms with E-state index in [1.807, 2.05) is 30.2 Å². The summed E-state index contributed by atoms with van der Waals surface area (Å²) in [5.74, 6) is -0.553. The maximum absolute atomic E-state index is 11.6. The van der Waals surface area contributed by atoms with Crippen LogP contribution in [0.3, 0.4) is 0 Å². The number of hydrogen-bond acceptors (Lipinski definition) is 5. The molecule has 1 N–H and O–H groups in total. The molecule has 22 heavy (non-hydrogen) atoms. The molecule has 5 heteroatoms. The molecular formula is C17H28N2O3. The molecule has 5 nitrogen and oxygen atoms in total. The van der Waals surface area contributed by atoms with Gasteiger partial charge in [-0.2, -0.15) is 5.26 Å². The van der Waals surface area contributed by atoms with E-state index in [0.29, 0.717) is 19.6 Å². The molecule has 0 radical (unpaired) electrons. The van der Waals surface area contributed by atoms with Crippen LogP contribution in [0.25, 0.3) is 0 Å². The molecule has 0 unspecified atom stereocenters. The zero-order valence-corrected chi connectivity index (χ0v) is 13.8. The van der Waals surface area contributed by atoms with E-state index in [1.54, 1.807) is 6.08 Å². The first kappa shape index (κ1) is 20.2. The van der Waals surface area contributed by atoms with Gasteiger partial charge < -0.3 is 14.7 Å². The third kappa shape index (κ3) is 10.0. The number of nitrogens with zero attached hydrogens (tertiary/aromatic N) is 2. The van der Waals surface area contributed by atoms with Crippen molar-refractivity contribution in [3.8, 4) is 6.07 Å². The number of carbonyl (C=O) groups is 1. The maximum Gasteiger partial charge on any atom is 0.348 e. The van der Waals surface area contributed by atoms with Gasteiger partial charge >= 0.3 is 5.97 Å². The normalized spacial score (nSPS) is 11.5. The van der Waals surface area contributed by atoms with Crippen LogP contribution in [-0.2, 0) is 9.53 Å². The number of carbonyl (C=O) groups excluding carboxylic acids is 1. The second kappa shape index (κ2) is 14.2. The number of ether oxygens (including phenoxy) is 1. The monoisotopic (exact) mass is 308 g/mol. The molecule has 0 saturated heterocycles. The van der Waals surface area contributed by atoms with Gasteiger partial charge in [0.1, 0.15) is 11.6 Å². The van der Waals surface area contributed by atoms with Crippen LogP contribution in [-0.4, -0.2) is 42.3 Å². The smallest absolute Gasteiger partial charge is 0.348 e. The Hall–Kier alpha value is -1.80. The quantitative estimate of drug-likeness (QED) is 0.260. The molecule has 0 amide bonds. The SMILES string of the molecule is CCCCOC(=O)/C(C#N)=C\C/C=C/N(CCO)CCCC. The topological polar surface area (TPSA) is 73.6 Å². The second-order valence-electron chi connectivity index (χ2n) is 4.95. The molecule has 124 valence electrons. The Kier molecular flexibility index (Phi) is 13.0. The standard InChI is InChI=1S/C17H28N2O3/c1-3-5-10-19(12-13-20)11-8-7-9-16(15-18)17(21)22-14-6-4-2/h8-9,11,20H,3-7,10,12-14H2,1-2H3/b11-8+,16-9-. The Balaban J connectivity index is 4.35. The lowest BCUT2D eigenvalue weighted by Crippen LogP contribution is -2.22. The zero-order valence-electron chi connectivity index (χ0n) is 13.8. The molecule has 0 aromatic rings. The van der Waals surface area contributed by atoms with E-state index in [-0.39, 0.29) is 12.2 Å². The van der Waals surface area contributed by atoms with E-state index in [1.165, 1.54) is 0 Å². The second-order valence-corrected chi connectivity index (χ2v) is 4.95. The molecule has 0 rings (SSSR count). The van der Waals surface area contributed by atoms with Crippen LogP contribution in [0.1, 0.15) is 46.0 Å². The van der Waals surface area contributed by atoms with Crippen LogP contribution in [0.4, 0.5) is 0 Å². The van der Waals surface area contributed by atoms with Crippen LogP contribution in [0.2, 0.25) is 0 Å². The van der Waals surface area contributed by atoms with Gasteiger partial charge in [0.15, 0.2) is 0 Å². The zero-order chi connectivity index (χ0) is 16.6. The highest BCUT2D eigenvalue weighted by atomic mass is 16.5. The van der Waals surface area contributed by atoms with Crippen molar-refractivity contribution in [1.29, 1.82) is 5.26 Å². The van der Waals surface area contributed by atoms with Gasteiger partial charge in [-0.25, -0.2) is 4.79 Å². The summed E-state index contributed by atoms with van der Waals surface area (Å²) in [5, 5.41) is 18.0. The van der Waals surface area contributed by atoms with Crippen LogP contribution in [0.5, 0.6) is 0 Å². The van der Waals surface area contributed by atoms with Crippen molar-refractivity contribution in [2.75, 3.05) is 26.3 Å². The Morgan fingerprint density at radius 3 is 2.59 bits per heavy atom. The Labute approximate surface area is 133 Å². The minimum absolute atomic E-state index is 0.0445. The first-order valence-corrected chi connectivity index (χ1v) is 7.98. The van der Waals surface area contributed by atoms with Gasteiger partial charge in [0.05, 0.1) is 13.2 Å². The van der Waals surface area contributed by atoms with Crippen LogP contribution >= 0.6 is 0 Å². The molecule has 0 aromatic carbocycles. The van der Waals surface area contributed by atoms with Crippen molar-refractivity contribution in [2.45, 2.75) is 46.0 Å². The van der Waals surface area contributed by atoms with Crippen molar-refractivity contribution >= 4 is 5.97 Å². The third-order valence-corrected chi connectivity index (χ3v) is 3.03. The summed E-state index contributed by atoms with van der Waals surface area (Å²) in [5.41, 5.74) is 0.0445. The highest BCUT2D eigenvalue weighted by Crippen LogP contribution is 2.03. The molecule has 0 bridgehead atoms. The fourth-order valence-electron chi connectivity index (χ4n) is 1.71. The van der Waals surface area contributed by atoms with E-state index < -0.39 is 5.97 Å². The molecule has 0 fully saturated rings. The van der Waals surface area contributed by atoms with Gasteiger partial charge in [-0.05, 0) is 25.5 Å². The molecule has 0 spiro atoms. The average molecular weight is 308 g/mol. The predicted octanol–water partition coefficient (Wildman–Crippen LogP) is 2.78. The predicted molar refractivity (Wildman–Crippen MR) is 86.9 cm³/mol. The number of allylic oxidation sites excluding steroid dienone is 2. The minimum Gasteiger partial charge on any atom is -0.462 e. The van der Waals surface area contributed by atoms with Crippen molar-refractivity contribution < 1.29 is 14.6 Å². The van der Waals surface area contributed by atoms with Gasteiger partial charge in [-0.1, -0.05) is 38.8 Å². The number of aliphatic hydroxyl groups excluding tert-OH is 1. The van der Waals surface area contributed by atoms with E-state index in [2.05, 4.69) is 6.92 Å². The summed E-state index contributed by atoms with van der Waals surface area (Å²) in [6.45, 7) is 6.07. The van der Waals surface area contributed by atoms with E-state index in [4.69, 9.17) is 15.1 Å². The summed E-state index contributed by atoms with van der Waals surface area (Å²) in [4.78, 5) is 13.7. The molecule has 0 aliphatic heterocycles. The number of unbranched alkanes of at least 4 members (excludes halogenated alkanes) is 2. The summed E-state index contributed by atoms with van der Waals surface area (Å²) in [6.07, 6.45) is 9.74. The molecule has 0 aliphatic carbocycles. The van der Waals surface area contributed by atoms with Gasteiger partial charge in [0.2, 0.25) is 0 Å². The Morgan fingerprint density at radius 1 is 1.27 bits per heavy atom. The first-order chi connectivity index (χ1) is 10.7. The third-order valence-electron chi connectivity index (χ3n) is 3.03. The summed E-state index contributed by atoms with van der Waals surface area (Å²) >= 11 is 0. The van der Waals surface area contributed by atoms with Gasteiger partial charge in [-0.3, -0.25) is 0 Å². The molecule has 0 atom stereocenters. The minimum atomic E-state index is -0.553. The number of aliphatic hydroxyl groups is 1. The molecular weight excluding hydrogens is 280 g/mol.